The number of aromatic hydroxyl groups is 2. The van der Waals surface area contributed by atoms with Crippen LogP contribution < -0.4 is 4.74 Å². The Morgan fingerprint density at radius 2 is 1.83 bits per heavy atom. The topological polar surface area (TPSA) is 213 Å². The smallest absolute Gasteiger partial charge is 0.335 e. The highest BCUT2D eigenvalue weighted by Crippen LogP contribution is 2.63. The number of allylic oxidation sites excluding steroid dienone is 2. The molecule has 0 aromatic heterocycles. The number of phenolic OH excluding ortho intramolecular Hbond substituents is 2. The lowest BCUT2D eigenvalue weighted by Gasteiger charge is -2.57. The van der Waals surface area contributed by atoms with Gasteiger partial charge in [0, 0.05) is 36.0 Å². The summed E-state index contributed by atoms with van der Waals surface area (Å²) < 4.78 is 25.2. The number of carboxylic acid groups (broad SMARTS) is 1. The molecule has 0 radical (unpaired) electrons. The number of ether oxygens (including phenoxy) is 4. The van der Waals surface area contributed by atoms with Gasteiger partial charge in [-0.3, -0.25) is 4.79 Å². The number of hydrogen-bond acceptors (Lipinski definition) is 12. The monoisotopic (exact) mass is 800 g/mol. The van der Waals surface area contributed by atoms with Gasteiger partial charge in [-0.2, -0.15) is 0 Å². The fourth-order valence-corrected chi connectivity index (χ4v) is 10.9. The van der Waals surface area contributed by atoms with E-state index in [1.165, 1.54) is 12.5 Å². The lowest BCUT2D eigenvalue weighted by atomic mass is 9.51. The molecule has 1 spiro atoms. The van der Waals surface area contributed by atoms with Crippen LogP contribution in [0.5, 0.6) is 17.2 Å². The second-order valence-electron chi connectivity index (χ2n) is 16.7. The van der Waals surface area contributed by atoms with E-state index in [1.807, 2.05) is 30.3 Å². The van der Waals surface area contributed by atoms with Gasteiger partial charge in [0.1, 0.15) is 41.2 Å². The zero-order chi connectivity index (χ0) is 41.1. The normalized spacial score (nSPS) is 31.8. The minimum Gasteiger partial charge on any atom is -0.507 e. The Kier molecular flexibility index (Phi) is 10.9. The number of aromatic carboxylic acids is 1. The van der Waals surface area contributed by atoms with Crippen molar-refractivity contribution in [3.05, 3.63) is 87.5 Å². The standard InChI is InChI=1S/C45H52O13/c1-23-29-19-45(56-21-26-10-11-31(36(26)29)44(14-6-15-46)22-55-16-13-30(23)44)34(20-47)58-43(40(51)41(45)52)57-33-18-27(42(53)54)17-28-37(33)39(50)35(24(2)38(28)49)32(48)12-9-25-7-4-3-5-8-25/h3-5,7-8,11,17-18,23,29-30,34,40-41,43,46-47,49-52H,6,9-10,12-16,19-22H2,1-2H3,(H,53,54). The van der Waals surface area contributed by atoms with E-state index in [2.05, 4.69) is 13.0 Å². The molecule has 13 nitrogen and oxygen atoms in total. The highest BCUT2D eigenvalue weighted by atomic mass is 16.7. The molecule has 0 bridgehead atoms. The first-order valence-corrected chi connectivity index (χ1v) is 20.2. The second kappa shape index (κ2) is 15.7. The molecule has 3 aromatic rings. The summed E-state index contributed by atoms with van der Waals surface area (Å²) in [7, 11) is 0. The van der Waals surface area contributed by atoms with Crippen molar-refractivity contribution in [1.82, 2.24) is 0 Å². The first-order valence-electron chi connectivity index (χ1n) is 20.2. The average molecular weight is 801 g/mol. The number of carbonyl (C=O) groups excluding carboxylic acids is 1. The van der Waals surface area contributed by atoms with E-state index < -0.39 is 60.1 Å². The van der Waals surface area contributed by atoms with Crippen molar-refractivity contribution in [2.45, 2.75) is 89.0 Å². The Morgan fingerprint density at radius 3 is 2.55 bits per heavy atom. The minimum atomic E-state index is -1.80. The number of carbonyl (C=O) groups is 2. The number of aliphatic hydroxyl groups is 4. The summed E-state index contributed by atoms with van der Waals surface area (Å²) in [6.07, 6.45) is -0.681. The highest BCUT2D eigenvalue weighted by Gasteiger charge is 2.63. The molecule has 5 aliphatic rings. The molecular weight excluding hydrogens is 748 g/mol. The highest BCUT2D eigenvalue weighted by molar-refractivity contribution is 6.11. The average Bonchev–Trinajstić information content (AvgIpc) is 3.59. The summed E-state index contributed by atoms with van der Waals surface area (Å²) in [5.41, 5.74) is 2.04. The van der Waals surface area contributed by atoms with E-state index in [4.69, 9.17) is 18.9 Å². The number of aliphatic hydroxyl groups excluding tert-OH is 4. The van der Waals surface area contributed by atoms with Gasteiger partial charge in [0.2, 0.25) is 6.29 Å². The van der Waals surface area contributed by atoms with Gasteiger partial charge in [0.25, 0.3) is 0 Å². The van der Waals surface area contributed by atoms with E-state index in [1.54, 1.807) is 0 Å². The largest absolute Gasteiger partial charge is 0.507 e. The van der Waals surface area contributed by atoms with Crippen molar-refractivity contribution < 1.29 is 64.3 Å². The molecule has 3 fully saturated rings. The maximum absolute atomic E-state index is 13.7. The van der Waals surface area contributed by atoms with Crippen molar-refractivity contribution in [2.24, 2.45) is 23.2 Å². The SMILES string of the molecule is Cc1c(C(=O)CCc2ccccc2)c(O)c2c(OC3OC(CO)C4(CC5C6=C(CC=C6C6(CCCO)COCCC6C5C)CO4)C(O)C3O)cc(C(=O)O)cc2c1O. The molecule has 7 N–H and O–H groups in total. The fraction of sp³-hybridized carbons (Fsp3) is 0.511. The second-order valence-corrected chi connectivity index (χ2v) is 16.7. The minimum absolute atomic E-state index is 0.00296. The number of fused-ring (bicyclic) bond motifs is 3. The van der Waals surface area contributed by atoms with Gasteiger partial charge in [-0.05, 0) is 97.6 Å². The summed E-state index contributed by atoms with van der Waals surface area (Å²) >= 11 is 0. The van der Waals surface area contributed by atoms with Crippen LogP contribution in [0.3, 0.4) is 0 Å². The van der Waals surface area contributed by atoms with E-state index in [0.717, 1.165) is 41.7 Å². The van der Waals surface area contributed by atoms with Crippen molar-refractivity contribution in [2.75, 3.05) is 33.0 Å². The molecule has 2 aliphatic carbocycles. The van der Waals surface area contributed by atoms with Gasteiger partial charge in [-0.15, -0.1) is 0 Å². The van der Waals surface area contributed by atoms with Gasteiger partial charge in [-0.1, -0.05) is 43.3 Å². The van der Waals surface area contributed by atoms with E-state index >= 15 is 0 Å². The molecule has 9 atom stereocenters. The Hall–Kier alpha value is -4.34. The summed E-state index contributed by atoms with van der Waals surface area (Å²) in [5.74, 6) is -2.98. The molecule has 58 heavy (non-hydrogen) atoms. The zero-order valence-electron chi connectivity index (χ0n) is 32.7. The van der Waals surface area contributed by atoms with Crippen molar-refractivity contribution in [3.8, 4) is 17.2 Å². The first-order chi connectivity index (χ1) is 27.9. The van der Waals surface area contributed by atoms with Gasteiger partial charge in [0.05, 0.1) is 36.3 Å². The van der Waals surface area contributed by atoms with E-state index in [0.29, 0.717) is 32.5 Å². The number of hydrogen-bond donors (Lipinski definition) is 7. The van der Waals surface area contributed by atoms with Crippen LogP contribution >= 0.6 is 0 Å². The van der Waals surface area contributed by atoms with Crippen molar-refractivity contribution in [3.63, 3.8) is 0 Å². The number of aryl methyl sites for hydroxylation is 1. The molecule has 1 saturated carbocycles. The van der Waals surface area contributed by atoms with Crippen LogP contribution in [0.25, 0.3) is 10.8 Å². The number of ketones is 1. The number of benzene rings is 3. The third-order valence-electron chi connectivity index (χ3n) is 13.8. The maximum Gasteiger partial charge on any atom is 0.335 e. The Labute approximate surface area is 336 Å². The Bertz CT molecular complexity index is 2160. The molecule has 3 aliphatic heterocycles. The molecule has 9 unspecified atom stereocenters. The first kappa shape index (κ1) is 40.4. The predicted octanol–water partition coefficient (Wildman–Crippen LogP) is 4.74. The van der Waals surface area contributed by atoms with Gasteiger partial charge >= 0.3 is 5.97 Å². The summed E-state index contributed by atoms with van der Waals surface area (Å²) in [4.78, 5) is 26.0. The van der Waals surface area contributed by atoms with Crippen LogP contribution in [-0.4, -0.2) is 111 Å². The van der Waals surface area contributed by atoms with Crippen LogP contribution in [0.15, 0.2) is 65.3 Å². The quantitative estimate of drug-likeness (QED) is 0.103. The van der Waals surface area contributed by atoms with Crippen molar-refractivity contribution >= 4 is 22.5 Å². The lowest BCUT2D eigenvalue weighted by molar-refractivity contribution is -0.325. The van der Waals surface area contributed by atoms with E-state index in [-0.39, 0.29) is 82.4 Å². The Morgan fingerprint density at radius 1 is 1.05 bits per heavy atom. The number of rotatable bonds is 11. The molecule has 3 aromatic carbocycles. The molecule has 8 rings (SSSR count). The molecule has 13 heteroatoms. The van der Waals surface area contributed by atoms with Crippen LogP contribution in [0, 0.1) is 30.1 Å². The third kappa shape index (κ3) is 6.42. The fourth-order valence-electron chi connectivity index (χ4n) is 10.9. The van der Waals surface area contributed by atoms with Crippen LogP contribution in [-0.2, 0) is 20.6 Å². The van der Waals surface area contributed by atoms with E-state index in [9.17, 15) is 45.3 Å². The zero-order valence-corrected chi connectivity index (χ0v) is 32.7. The predicted molar refractivity (Wildman–Crippen MR) is 210 cm³/mol. The lowest BCUT2D eigenvalue weighted by Crippen LogP contribution is -2.69. The molecule has 3 heterocycles. The number of phenols is 2. The maximum atomic E-state index is 13.7. The van der Waals surface area contributed by atoms with Crippen LogP contribution in [0.4, 0.5) is 0 Å². The number of Topliss-reactive ketones (excluding diaryl/α,β-unsaturated/α-hetero) is 1. The van der Waals surface area contributed by atoms with Gasteiger partial charge in [0.15, 0.2) is 5.78 Å². The Balaban J connectivity index is 1.13. The van der Waals surface area contributed by atoms with Crippen LogP contribution in [0.1, 0.15) is 77.3 Å². The van der Waals surface area contributed by atoms with Crippen LogP contribution in [0.2, 0.25) is 0 Å². The molecule has 2 saturated heterocycles. The van der Waals surface area contributed by atoms with Gasteiger partial charge in [-0.25, -0.2) is 4.79 Å². The summed E-state index contributed by atoms with van der Waals surface area (Å²) in [5, 5.41) is 77.7. The molecule has 310 valence electrons. The van der Waals surface area contributed by atoms with Crippen molar-refractivity contribution in [1.29, 1.82) is 0 Å². The van der Waals surface area contributed by atoms with Gasteiger partial charge < -0.3 is 54.7 Å². The molecule has 0 amide bonds. The summed E-state index contributed by atoms with van der Waals surface area (Å²) in [6.45, 7) is 4.38. The number of carboxylic acids is 1. The summed E-state index contributed by atoms with van der Waals surface area (Å²) in [6, 6.07) is 11.5. The third-order valence-corrected chi connectivity index (χ3v) is 13.8. The molecular formula is C45H52O13.